The Morgan fingerprint density at radius 3 is 2.36 bits per heavy atom. The van der Waals surface area contributed by atoms with Gasteiger partial charge in [-0.15, -0.1) is 0 Å². The van der Waals surface area contributed by atoms with Crippen LogP contribution in [-0.2, 0) is 30.7 Å². The monoisotopic (exact) mass is 371 g/mol. The van der Waals surface area contributed by atoms with Crippen LogP contribution in [0.4, 0.5) is 0 Å². The number of fused-ring (bicyclic) bond motifs is 1. The number of hydrogen-bond acceptors (Lipinski definition) is 7. The molecular weight excluding hydrogens is 350 g/mol. The molecule has 3 rings (SSSR count). The van der Waals surface area contributed by atoms with Crippen LogP contribution in [0.25, 0.3) is 0 Å². The minimum atomic E-state index is -3.29. The normalized spacial score (nSPS) is 25.0. The van der Waals surface area contributed by atoms with Crippen molar-refractivity contribution in [3.8, 4) is 0 Å². The number of aromatic nitrogens is 3. The van der Waals surface area contributed by atoms with Gasteiger partial charge in [-0.2, -0.15) is 5.10 Å². The van der Waals surface area contributed by atoms with E-state index in [1.54, 1.807) is 14.5 Å². The lowest BCUT2D eigenvalue weighted by Crippen LogP contribution is -2.62. The van der Waals surface area contributed by atoms with Gasteiger partial charge in [0.2, 0.25) is 11.8 Å². The third-order valence-corrected chi connectivity index (χ3v) is 6.30. The Bertz CT molecular complexity index is 735. The van der Waals surface area contributed by atoms with E-state index in [4.69, 9.17) is 4.74 Å². The lowest BCUT2D eigenvalue weighted by atomic mass is 10.0. The molecule has 0 aromatic carbocycles. The number of piperazine rings is 1. The van der Waals surface area contributed by atoms with Crippen LogP contribution in [0.3, 0.4) is 0 Å². The van der Waals surface area contributed by atoms with Crippen molar-refractivity contribution in [2.45, 2.75) is 25.0 Å². The van der Waals surface area contributed by atoms with Crippen LogP contribution in [-0.4, -0.2) is 95.2 Å². The average Bonchev–Trinajstić information content (AvgIpc) is 3.17. The summed E-state index contributed by atoms with van der Waals surface area (Å²) in [7, 11) is -1.87. The number of rotatable bonds is 5. The summed E-state index contributed by atoms with van der Waals surface area (Å²) in [5.74, 6) is -0.602. The first-order valence-electron chi connectivity index (χ1n) is 8.02. The Hall–Kier alpha value is -2.01. The third kappa shape index (κ3) is 3.82. The fourth-order valence-corrected chi connectivity index (χ4v) is 5.46. The maximum atomic E-state index is 12.6. The van der Waals surface area contributed by atoms with E-state index in [1.165, 1.54) is 19.8 Å². The molecule has 11 heteroatoms. The second kappa shape index (κ2) is 7.08. The lowest BCUT2D eigenvalue weighted by Gasteiger charge is -2.43. The first-order chi connectivity index (χ1) is 11.9. The maximum Gasteiger partial charge on any atom is 0.248 e. The summed E-state index contributed by atoms with van der Waals surface area (Å²) in [6.07, 6.45) is 3.13. The number of hydrogen-bond donors (Lipinski definition) is 0. The summed E-state index contributed by atoms with van der Waals surface area (Å²) in [5, 5.41) is 3.95. The number of ether oxygens (including phenoxy) is 1. The number of amides is 2. The Morgan fingerprint density at radius 1 is 1.16 bits per heavy atom. The number of carbonyl (C=O) groups excluding carboxylic acids is 2. The van der Waals surface area contributed by atoms with E-state index in [2.05, 4.69) is 10.1 Å². The molecule has 2 amide bonds. The van der Waals surface area contributed by atoms with Crippen molar-refractivity contribution in [1.29, 1.82) is 0 Å². The van der Waals surface area contributed by atoms with Gasteiger partial charge in [-0.3, -0.25) is 14.3 Å². The molecule has 0 bridgehead atoms. The van der Waals surface area contributed by atoms with Gasteiger partial charge in [0.25, 0.3) is 0 Å². The predicted octanol–water partition coefficient (Wildman–Crippen LogP) is -1.85. The number of nitrogens with zero attached hydrogens (tertiary/aromatic N) is 5. The summed E-state index contributed by atoms with van der Waals surface area (Å²) in [6, 6.07) is -1.00. The molecule has 0 saturated carbocycles. The Morgan fingerprint density at radius 2 is 1.80 bits per heavy atom. The van der Waals surface area contributed by atoms with Crippen LogP contribution in [0.15, 0.2) is 12.7 Å². The van der Waals surface area contributed by atoms with Crippen molar-refractivity contribution >= 4 is 21.7 Å². The van der Waals surface area contributed by atoms with Crippen LogP contribution < -0.4 is 0 Å². The largest absolute Gasteiger partial charge is 0.375 e. The average molecular weight is 371 g/mol. The van der Waals surface area contributed by atoms with E-state index < -0.39 is 21.9 Å². The van der Waals surface area contributed by atoms with E-state index >= 15 is 0 Å². The van der Waals surface area contributed by atoms with Crippen molar-refractivity contribution in [2.24, 2.45) is 0 Å². The van der Waals surface area contributed by atoms with Crippen LogP contribution in [0, 0.1) is 0 Å². The van der Waals surface area contributed by atoms with Crippen molar-refractivity contribution in [2.75, 3.05) is 38.3 Å². The first-order valence-corrected chi connectivity index (χ1v) is 9.84. The van der Waals surface area contributed by atoms with Gasteiger partial charge in [0.15, 0.2) is 9.84 Å². The third-order valence-electron chi connectivity index (χ3n) is 4.61. The smallest absolute Gasteiger partial charge is 0.248 e. The van der Waals surface area contributed by atoms with Gasteiger partial charge < -0.3 is 14.5 Å². The Balaban J connectivity index is 1.71. The molecule has 1 aromatic heterocycles. The highest BCUT2D eigenvalue weighted by Crippen LogP contribution is 2.27. The molecule has 2 atom stereocenters. The predicted molar refractivity (Wildman–Crippen MR) is 86.2 cm³/mol. The van der Waals surface area contributed by atoms with Crippen molar-refractivity contribution in [1.82, 2.24) is 24.6 Å². The van der Waals surface area contributed by atoms with E-state index in [1.807, 2.05) is 0 Å². The van der Waals surface area contributed by atoms with Gasteiger partial charge >= 0.3 is 0 Å². The molecule has 2 fully saturated rings. The molecule has 0 N–H and O–H groups in total. The number of sulfone groups is 1. The SMILES string of the molecule is COCC(=O)N1CCN(C(=O)CCn2cncn2)[C@@H]2CS(=O)(=O)C[C@@H]21. The number of methoxy groups -OCH3 is 1. The summed E-state index contributed by atoms with van der Waals surface area (Å²) in [6.45, 7) is 0.922. The molecule has 138 valence electrons. The molecule has 0 unspecified atom stereocenters. The van der Waals surface area contributed by atoms with Crippen LogP contribution >= 0.6 is 0 Å². The van der Waals surface area contributed by atoms with Gasteiger partial charge in [-0.25, -0.2) is 13.4 Å². The summed E-state index contributed by atoms with van der Waals surface area (Å²) in [4.78, 5) is 31.7. The summed E-state index contributed by atoms with van der Waals surface area (Å²) in [5.41, 5.74) is 0. The highest BCUT2D eigenvalue weighted by atomic mass is 32.2. The van der Waals surface area contributed by atoms with Gasteiger partial charge in [-0.05, 0) is 0 Å². The zero-order valence-corrected chi connectivity index (χ0v) is 14.8. The van der Waals surface area contributed by atoms with Gasteiger partial charge in [0.05, 0.1) is 30.1 Å². The molecule has 2 aliphatic heterocycles. The van der Waals surface area contributed by atoms with Crippen LogP contribution in [0.2, 0.25) is 0 Å². The van der Waals surface area contributed by atoms with E-state index in [0.29, 0.717) is 19.6 Å². The minimum absolute atomic E-state index is 0.0937. The molecule has 0 aliphatic carbocycles. The van der Waals surface area contributed by atoms with Crippen LogP contribution in [0.1, 0.15) is 6.42 Å². The molecule has 2 saturated heterocycles. The fourth-order valence-electron chi connectivity index (χ4n) is 3.48. The highest BCUT2D eigenvalue weighted by Gasteiger charge is 2.49. The number of aryl methyl sites for hydroxylation is 1. The maximum absolute atomic E-state index is 12.6. The van der Waals surface area contributed by atoms with Crippen LogP contribution in [0.5, 0.6) is 0 Å². The second-order valence-electron chi connectivity index (χ2n) is 6.23. The summed E-state index contributed by atoms with van der Waals surface area (Å²) >= 11 is 0. The molecule has 0 radical (unpaired) electrons. The zero-order chi connectivity index (χ0) is 18.0. The summed E-state index contributed by atoms with van der Waals surface area (Å²) < 4.78 is 30.6. The molecule has 10 nitrogen and oxygen atoms in total. The molecule has 25 heavy (non-hydrogen) atoms. The van der Waals surface area contributed by atoms with E-state index in [9.17, 15) is 18.0 Å². The second-order valence-corrected chi connectivity index (χ2v) is 8.38. The molecular formula is C14H21N5O5S. The van der Waals surface area contributed by atoms with Crippen molar-refractivity contribution in [3.63, 3.8) is 0 Å². The number of carbonyl (C=O) groups is 2. The lowest BCUT2D eigenvalue weighted by molar-refractivity contribution is -0.147. The fraction of sp³-hybridized carbons (Fsp3) is 0.714. The topological polar surface area (TPSA) is 115 Å². The van der Waals surface area contributed by atoms with E-state index in [0.717, 1.165) is 0 Å². The molecule has 0 spiro atoms. The highest BCUT2D eigenvalue weighted by molar-refractivity contribution is 7.91. The quantitative estimate of drug-likeness (QED) is 0.597. The molecule has 2 aliphatic rings. The Labute approximate surface area is 145 Å². The minimum Gasteiger partial charge on any atom is -0.375 e. The van der Waals surface area contributed by atoms with Gasteiger partial charge in [0.1, 0.15) is 19.3 Å². The molecule has 1 aromatic rings. The van der Waals surface area contributed by atoms with Gasteiger partial charge in [0, 0.05) is 26.6 Å². The zero-order valence-electron chi connectivity index (χ0n) is 13.9. The standard InChI is InChI=1S/C14H21N5O5S/c1-24-6-14(21)19-5-4-18(11-7-25(22,23)8-12(11)19)13(20)2-3-17-10-15-9-16-17/h9-12H,2-8H2,1H3/t11-,12+/m1/s1. The Kier molecular flexibility index (Phi) is 5.04. The van der Waals surface area contributed by atoms with Crippen molar-refractivity contribution < 1.29 is 22.7 Å². The van der Waals surface area contributed by atoms with E-state index in [-0.39, 0.29) is 36.3 Å². The molecule has 3 heterocycles. The van der Waals surface area contributed by atoms with Gasteiger partial charge in [-0.1, -0.05) is 0 Å². The first kappa shape index (κ1) is 17.8. The van der Waals surface area contributed by atoms with Crippen molar-refractivity contribution in [3.05, 3.63) is 12.7 Å².